The number of nitrogen functional groups attached to an aromatic ring is 1. The first-order chi connectivity index (χ1) is 9.06. The second-order valence-corrected chi connectivity index (χ2v) is 4.72. The van der Waals surface area contributed by atoms with Crippen molar-refractivity contribution < 1.29 is 9.84 Å². The van der Waals surface area contributed by atoms with Gasteiger partial charge in [-0.1, -0.05) is 0 Å². The van der Waals surface area contributed by atoms with Gasteiger partial charge in [-0.3, -0.25) is 14.3 Å². The standard InChI is InChI=1S/C11H15N5O3/c1-5(17)6-2-3-7(19-6)16-4-13-8-9(16)14-11(12)15-10(8)18/h4-7,17H,2-3H2,1H3,(H3,12,14,15,18). The van der Waals surface area contributed by atoms with Crippen LogP contribution < -0.4 is 11.3 Å². The molecule has 3 unspecified atom stereocenters. The smallest absolute Gasteiger partial charge is 0.280 e. The summed E-state index contributed by atoms with van der Waals surface area (Å²) >= 11 is 0. The van der Waals surface area contributed by atoms with Crippen LogP contribution >= 0.6 is 0 Å². The molecule has 0 aromatic carbocycles. The quantitative estimate of drug-likeness (QED) is 0.689. The Bertz CT molecular complexity index is 662. The Hall–Kier alpha value is -1.93. The molecule has 0 amide bonds. The minimum atomic E-state index is -0.527. The van der Waals surface area contributed by atoms with E-state index < -0.39 is 6.10 Å². The molecule has 1 aliphatic rings. The maximum atomic E-state index is 11.7. The lowest BCUT2D eigenvalue weighted by molar-refractivity contribution is -0.0515. The number of hydrogen-bond acceptors (Lipinski definition) is 6. The molecule has 3 atom stereocenters. The largest absolute Gasteiger partial charge is 0.391 e. The molecule has 0 spiro atoms. The topological polar surface area (TPSA) is 119 Å². The van der Waals surface area contributed by atoms with E-state index in [0.29, 0.717) is 5.65 Å². The van der Waals surface area contributed by atoms with E-state index >= 15 is 0 Å². The number of nitrogens with two attached hydrogens (primary N) is 1. The van der Waals surface area contributed by atoms with Crippen LogP contribution in [0.15, 0.2) is 11.1 Å². The predicted octanol–water partition coefficient (Wildman–Crippen LogP) is -0.240. The minimum Gasteiger partial charge on any atom is -0.391 e. The van der Waals surface area contributed by atoms with Gasteiger partial charge in [0.15, 0.2) is 11.2 Å². The third kappa shape index (κ3) is 1.98. The van der Waals surface area contributed by atoms with Gasteiger partial charge in [0.2, 0.25) is 5.95 Å². The lowest BCUT2D eigenvalue weighted by Crippen LogP contribution is -2.22. The van der Waals surface area contributed by atoms with Crippen LogP contribution in [-0.4, -0.2) is 36.8 Å². The molecule has 4 N–H and O–H groups in total. The highest BCUT2D eigenvalue weighted by Gasteiger charge is 2.30. The number of nitrogens with zero attached hydrogens (tertiary/aromatic N) is 3. The van der Waals surface area contributed by atoms with E-state index in [2.05, 4.69) is 15.0 Å². The Morgan fingerprint density at radius 3 is 3.11 bits per heavy atom. The molecular formula is C11H15N5O3. The summed E-state index contributed by atoms with van der Waals surface area (Å²) in [5, 5.41) is 9.53. The Labute approximate surface area is 108 Å². The maximum absolute atomic E-state index is 11.7. The van der Waals surface area contributed by atoms with E-state index in [0.717, 1.165) is 12.8 Å². The summed E-state index contributed by atoms with van der Waals surface area (Å²) in [5.41, 5.74) is 5.80. The number of aliphatic hydroxyl groups is 1. The number of anilines is 1. The van der Waals surface area contributed by atoms with Gasteiger partial charge in [0.1, 0.15) is 6.23 Å². The van der Waals surface area contributed by atoms with Crippen molar-refractivity contribution in [1.29, 1.82) is 0 Å². The molecule has 8 nitrogen and oxygen atoms in total. The van der Waals surface area contributed by atoms with Crippen LogP contribution in [0.3, 0.4) is 0 Å². The van der Waals surface area contributed by atoms with Crippen molar-refractivity contribution in [3.8, 4) is 0 Å². The molecular weight excluding hydrogens is 250 g/mol. The maximum Gasteiger partial charge on any atom is 0.280 e. The fraction of sp³-hybridized carbons (Fsp3) is 0.545. The molecule has 3 heterocycles. The zero-order valence-electron chi connectivity index (χ0n) is 10.4. The molecule has 0 bridgehead atoms. The summed E-state index contributed by atoms with van der Waals surface area (Å²) in [7, 11) is 0. The fourth-order valence-electron chi connectivity index (χ4n) is 2.36. The summed E-state index contributed by atoms with van der Waals surface area (Å²) in [6.07, 6.45) is 1.98. The van der Waals surface area contributed by atoms with Gasteiger partial charge in [-0.25, -0.2) is 4.98 Å². The van der Waals surface area contributed by atoms with Crippen molar-refractivity contribution in [2.24, 2.45) is 0 Å². The Morgan fingerprint density at radius 1 is 1.63 bits per heavy atom. The van der Waals surface area contributed by atoms with Crippen molar-refractivity contribution in [2.75, 3.05) is 5.73 Å². The summed E-state index contributed by atoms with van der Waals surface area (Å²) < 4.78 is 7.42. The van der Waals surface area contributed by atoms with Crippen LogP contribution in [0.5, 0.6) is 0 Å². The van der Waals surface area contributed by atoms with Gasteiger partial charge in [-0.05, 0) is 19.8 Å². The van der Waals surface area contributed by atoms with Gasteiger partial charge in [0.05, 0.1) is 18.5 Å². The monoisotopic (exact) mass is 265 g/mol. The molecule has 102 valence electrons. The lowest BCUT2D eigenvalue weighted by Gasteiger charge is -2.16. The van der Waals surface area contributed by atoms with Crippen LogP contribution in [0.25, 0.3) is 11.2 Å². The molecule has 0 radical (unpaired) electrons. The molecule has 8 heteroatoms. The lowest BCUT2D eigenvalue weighted by atomic mass is 10.1. The van der Waals surface area contributed by atoms with Gasteiger partial charge >= 0.3 is 0 Å². The van der Waals surface area contributed by atoms with Crippen LogP contribution in [-0.2, 0) is 4.74 Å². The minimum absolute atomic E-state index is 0.0457. The van der Waals surface area contributed by atoms with E-state index in [9.17, 15) is 9.90 Å². The second-order valence-electron chi connectivity index (χ2n) is 4.72. The second kappa shape index (κ2) is 4.32. The molecule has 2 aromatic rings. The number of imidazole rings is 1. The SMILES string of the molecule is CC(O)C1CCC(n2cnc3c(=O)[nH]c(N)nc32)O1. The first-order valence-corrected chi connectivity index (χ1v) is 6.12. The number of aromatic nitrogens is 4. The number of H-pyrrole nitrogens is 1. The van der Waals surface area contributed by atoms with Crippen molar-refractivity contribution in [1.82, 2.24) is 19.5 Å². The number of nitrogens with one attached hydrogen (secondary N) is 1. The van der Waals surface area contributed by atoms with Crippen molar-refractivity contribution in [3.63, 3.8) is 0 Å². The summed E-state index contributed by atoms with van der Waals surface area (Å²) in [6, 6.07) is 0. The van der Waals surface area contributed by atoms with Crippen LogP contribution in [0.2, 0.25) is 0 Å². The van der Waals surface area contributed by atoms with E-state index in [1.54, 1.807) is 11.5 Å². The molecule has 0 aliphatic carbocycles. The normalized spacial score (nSPS) is 24.9. The Morgan fingerprint density at radius 2 is 2.42 bits per heavy atom. The van der Waals surface area contributed by atoms with Gasteiger partial charge in [-0.15, -0.1) is 0 Å². The number of ether oxygens (including phenoxy) is 1. The Balaban J connectivity index is 2.00. The van der Waals surface area contributed by atoms with Gasteiger partial charge in [-0.2, -0.15) is 4.98 Å². The number of aromatic amines is 1. The summed E-state index contributed by atoms with van der Waals surface area (Å²) in [4.78, 5) is 22.2. The number of rotatable bonds is 2. The summed E-state index contributed by atoms with van der Waals surface area (Å²) in [5.74, 6) is 0.0457. The molecule has 2 aromatic heterocycles. The van der Waals surface area contributed by atoms with E-state index in [4.69, 9.17) is 10.5 Å². The van der Waals surface area contributed by atoms with E-state index in [1.165, 1.54) is 6.33 Å². The van der Waals surface area contributed by atoms with Crippen molar-refractivity contribution >= 4 is 17.1 Å². The molecule has 0 saturated carbocycles. The van der Waals surface area contributed by atoms with E-state index in [1.807, 2.05) is 0 Å². The Kier molecular flexibility index (Phi) is 2.76. The predicted molar refractivity (Wildman–Crippen MR) is 67.4 cm³/mol. The zero-order chi connectivity index (χ0) is 13.6. The van der Waals surface area contributed by atoms with Gasteiger partial charge in [0, 0.05) is 0 Å². The highest BCUT2D eigenvalue weighted by molar-refractivity contribution is 5.70. The first-order valence-electron chi connectivity index (χ1n) is 6.12. The fourth-order valence-corrected chi connectivity index (χ4v) is 2.36. The average Bonchev–Trinajstić information content (AvgIpc) is 2.93. The van der Waals surface area contributed by atoms with E-state index in [-0.39, 0.29) is 29.4 Å². The summed E-state index contributed by atoms with van der Waals surface area (Å²) in [6.45, 7) is 1.69. The average molecular weight is 265 g/mol. The van der Waals surface area contributed by atoms with Gasteiger partial charge in [0.25, 0.3) is 5.56 Å². The zero-order valence-corrected chi connectivity index (χ0v) is 10.4. The third-order valence-corrected chi connectivity index (χ3v) is 3.33. The van der Waals surface area contributed by atoms with Crippen LogP contribution in [0.1, 0.15) is 26.0 Å². The van der Waals surface area contributed by atoms with Crippen molar-refractivity contribution in [3.05, 3.63) is 16.7 Å². The molecule has 1 saturated heterocycles. The van der Waals surface area contributed by atoms with Gasteiger partial charge < -0.3 is 15.6 Å². The molecule has 19 heavy (non-hydrogen) atoms. The molecule has 1 aliphatic heterocycles. The highest BCUT2D eigenvalue weighted by atomic mass is 16.5. The highest BCUT2D eigenvalue weighted by Crippen LogP contribution is 2.31. The number of fused-ring (bicyclic) bond motifs is 1. The third-order valence-electron chi connectivity index (χ3n) is 3.33. The van der Waals surface area contributed by atoms with Crippen molar-refractivity contribution in [2.45, 2.75) is 38.2 Å². The first kappa shape index (κ1) is 12.1. The van der Waals surface area contributed by atoms with Crippen LogP contribution in [0, 0.1) is 0 Å². The number of hydrogen-bond donors (Lipinski definition) is 3. The van der Waals surface area contributed by atoms with Crippen LogP contribution in [0.4, 0.5) is 5.95 Å². The molecule has 1 fully saturated rings. The number of aliphatic hydroxyl groups excluding tert-OH is 1. The molecule has 3 rings (SSSR count).